The molecular weight excluding hydrogens is 490 g/mol. The van der Waals surface area contributed by atoms with Gasteiger partial charge < -0.3 is 14.8 Å². The Hall–Kier alpha value is -2.45. The van der Waals surface area contributed by atoms with Gasteiger partial charge in [-0.05, 0) is 88.9 Å². The molecule has 1 unspecified atom stereocenters. The molecule has 2 fully saturated rings. The Morgan fingerprint density at radius 3 is 2.72 bits per heavy atom. The van der Waals surface area contributed by atoms with Gasteiger partial charge in [0.05, 0.1) is 0 Å². The molecule has 0 aliphatic carbocycles. The molecule has 0 radical (unpaired) electrons. The third kappa shape index (κ3) is 9.60. The van der Waals surface area contributed by atoms with Crippen LogP contribution in [0.4, 0.5) is 0 Å². The number of hydrogen-bond acceptors (Lipinski definition) is 6. The summed E-state index contributed by atoms with van der Waals surface area (Å²) >= 11 is 0. The number of rotatable bonds is 14. The van der Waals surface area contributed by atoms with Crippen molar-refractivity contribution in [2.75, 3.05) is 32.8 Å². The number of unbranched alkanes of at least 4 members (excludes halogenated alkanes) is 2. The van der Waals surface area contributed by atoms with Crippen LogP contribution in [0.5, 0.6) is 5.75 Å². The van der Waals surface area contributed by atoms with E-state index in [9.17, 15) is 4.79 Å². The minimum absolute atomic E-state index is 0.0791. The molecule has 2 aliphatic rings. The minimum Gasteiger partial charge on any atom is -0.489 e. The number of amides is 1. The molecule has 7 heteroatoms. The third-order valence-corrected chi connectivity index (χ3v) is 7.72. The van der Waals surface area contributed by atoms with Crippen LogP contribution in [-0.4, -0.2) is 62.0 Å². The number of benzene rings is 2. The number of hydroxylamine groups is 1. The highest BCUT2D eigenvalue weighted by atomic mass is 16.8. The fraction of sp³-hybridized carbons (Fsp3) is 0.594. The largest absolute Gasteiger partial charge is 0.489 e. The number of piperidine rings is 1. The Morgan fingerprint density at radius 2 is 1.92 bits per heavy atom. The summed E-state index contributed by atoms with van der Waals surface area (Å²) in [5.74, 6) is 0.847. The first-order chi connectivity index (χ1) is 19.1. The summed E-state index contributed by atoms with van der Waals surface area (Å²) in [6.07, 6.45) is 10.5. The van der Waals surface area contributed by atoms with Crippen LogP contribution < -0.4 is 15.5 Å². The molecule has 2 aliphatic heterocycles. The molecule has 2 heterocycles. The molecule has 0 saturated carbocycles. The minimum atomic E-state index is -0.307. The molecule has 4 rings (SSSR count). The summed E-state index contributed by atoms with van der Waals surface area (Å²) < 4.78 is 11.9. The van der Waals surface area contributed by atoms with Gasteiger partial charge in [-0.25, -0.2) is 10.3 Å². The van der Waals surface area contributed by atoms with E-state index in [0.717, 1.165) is 69.3 Å². The molecule has 2 aromatic rings. The van der Waals surface area contributed by atoms with E-state index in [0.29, 0.717) is 31.7 Å². The topological polar surface area (TPSA) is 72.1 Å². The maximum Gasteiger partial charge on any atom is 0.243 e. The molecule has 2 N–H and O–H groups in total. The lowest BCUT2D eigenvalue weighted by Gasteiger charge is -2.38. The lowest BCUT2D eigenvalue weighted by atomic mass is 10.0. The van der Waals surface area contributed by atoms with Crippen molar-refractivity contribution in [2.24, 2.45) is 0 Å². The molecule has 7 nitrogen and oxygen atoms in total. The van der Waals surface area contributed by atoms with Crippen LogP contribution in [0.25, 0.3) is 10.8 Å². The van der Waals surface area contributed by atoms with Crippen molar-refractivity contribution < 1.29 is 19.1 Å². The van der Waals surface area contributed by atoms with E-state index >= 15 is 0 Å². The van der Waals surface area contributed by atoms with Gasteiger partial charge in [-0.1, -0.05) is 42.5 Å². The lowest BCUT2D eigenvalue weighted by Crippen LogP contribution is -2.47. The van der Waals surface area contributed by atoms with E-state index in [2.05, 4.69) is 78.1 Å². The fourth-order valence-corrected chi connectivity index (χ4v) is 5.49. The number of hydrogen-bond donors (Lipinski definition) is 2. The van der Waals surface area contributed by atoms with E-state index in [4.69, 9.17) is 14.3 Å². The molecule has 2 saturated heterocycles. The molecule has 39 heavy (non-hydrogen) atoms. The number of carbonyl (C=O) groups excluding carboxylic acids is 1. The number of nitrogens with zero attached hydrogens (tertiary/aromatic N) is 1. The zero-order chi connectivity index (χ0) is 27.3. The monoisotopic (exact) mass is 537 g/mol. The molecule has 1 amide bonds. The number of fused-ring (bicyclic) bond motifs is 1. The van der Waals surface area contributed by atoms with Gasteiger partial charge in [0.15, 0.2) is 6.29 Å². The Morgan fingerprint density at radius 1 is 1.10 bits per heavy atom. The normalized spacial score (nSPS) is 19.1. The Labute approximate surface area is 234 Å². The molecule has 0 spiro atoms. The van der Waals surface area contributed by atoms with Crippen LogP contribution in [0.15, 0.2) is 54.1 Å². The van der Waals surface area contributed by atoms with Gasteiger partial charge in [-0.15, -0.1) is 0 Å². The van der Waals surface area contributed by atoms with Gasteiger partial charge in [-0.2, -0.15) is 0 Å². The number of carbonyl (C=O) groups is 1. The first kappa shape index (κ1) is 29.5. The van der Waals surface area contributed by atoms with Gasteiger partial charge >= 0.3 is 0 Å². The fourth-order valence-electron chi connectivity index (χ4n) is 5.49. The van der Waals surface area contributed by atoms with E-state index in [1.165, 1.54) is 23.8 Å². The quantitative estimate of drug-likeness (QED) is 0.182. The molecule has 2 aromatic carbocycles. The second kappa shape index (κ2) is 16.0. The van der Waals surface area contributed by atoms with Crippen LogP contribution in [0.3, 0.4) is 0 Å². The SMILES string of the molecule is CC(C)N(C/C(=C\CCCCC(=O)NOC1CCCCO1)COc1cccc2ccccc12)C1CCNCC1. The molecule has 0 aromatic heterocycles. The van der Waals surface area contributed by atoms with E-state index in [-0.39, 0.29) is 12.2 Å². The Balaban J connectivity index is 1.32. The first-order valence-electron chi connectivity index (χ1n) is 14.9. The van der Waals surface area contributed by atoms with Gasteiger partial charge in [0.1, 0.15) is 12.4 Å². The van der Waals surface area contributed by atoms with Crippen molar-refractivity contribution in [1.29, 1.82) is 0 Å². The smallest absolute Gasteiger partial charge is 0.243 e. The molecule has 0 bridgehead atoms. The number of allylic oxidation sites excluding steroid dienone is 1. The summed E-state index contributed by atoms with van der Waals surface area (Å²) in [6.45, 7) is 8.93. The van der Waals surface area contributed by atoms with Crippen molar-refractivity contribution in [2.45, 2.75) is 90.0 Å². The molecular formula is C32H47N3O4. The average molecular weight is 538 g/mol. The number of nitrogens with one attached hydrogen (secondary N) is 2. The summed E-state index contributed by atoms with van der Waals surface area (Å²) in [5, 5.41) is 5.83. The summed E-state index contributed by atoms with van der Waals surface area (Å²) in [6, 6.07) is 15.7. The second-order valence-electron chi connectivity index (χ2n) is 11.1. The van der Waals surface area contributed by atoms with Gasteiger partial charge in [0.2, 0.25) is 5.91 Å². The zero-order valence-corrected chi connectivity index (χ0v) is 23.8. The van der Waals surface area contributed by atoms with Crippen molar-refractivity contribution in [3.05, 3.63) is 54.1 Å². The summed E-state index contributed by atoms with van der Waals surface area (Å²) in [5.41, 5.74) is 3.87. The predicted molar refractivity (Wildman–Crippen MR) is 157 cm³/mol. The van der Waals surface area contributed by atoms with Crippen molar-refractivity contribution in [3.8, 4) is 5.75 Å². The van der Waals surface area contributed by atoms with E-state index in [1.54, 1.807) is 0 Å². The van der Waals surface area contributed by atoms with Crippen molar-refractivity contribution in [3.63, 3.8) is 0 Å². The second-order valence-corrected chi connectivity index (χ2v) is 11.1. The highest BCUT2D eigenvalue weighted by Gasteiger charge is 2.24. The van der Waals surface area contributed by atoms with E-state index < -0.39 is 0 Å². The maximum absolute atomic E-state index is 12.2. The highest BCUT2D eigenvalue weighted by molar-refractivity contribution is 5.88. The van der Waals surface area contributed by atoms with Crippen LogP contribution >= 0.6 is 0 Å². The van der Waals surface area contributed by atoms with E-state index in [1.807, 2.05) is 0 Å². The Kier molecular flexibility index (Phi) is 12.1. The third-order valence-electron chi connectivity index (χ3n) is 7.72. The van der Waals surface area contributed by atoms with Gasteiger partial charge in [0.25, 0.3) is 0 Å². The van der Waals surface area contributed by atoms with Gasteiger partial charge in [0, 0.05) is 43.5 Å². The summed E-state index contributed by atoms with van der Waals surface area (Å²) in [7, 11) is 0. The Bertz CT molecular complexity index is 1040. The maximum atomic E-state index is 12.2. The lowest BCUT2D eigenvalue weighted by molar-refractivity contribution is -0.200. The predicted octanol–water partition coefficient (Wildman–Crippen LogP) is 5.74. The van der Waals surface area contributed by atoms with Crippen LogP contribution in [0.1, 0.15) is 71.6 Å². The first-order valence-corrected chi connectivity index (χ1v) is 14.9. The van der Waals surface area contributed by atoms with Crippen LogP contribution in [0.2, 0.25) is 0 Å². The standard InChI is InChI=1S/C32H47N3O4/c1-25(2)35(28-18-20-33-21-19-28)23-26(24-38-30-15-10-13-27-12-6-7-14-29(27)30)11-4-3-5-16-31(36)34-39-32-17-8-9-22-37-32/h6-7,10-15,25,28,32-33H,3-5,8-9,16-24H2,1-2H3,(H,34,36)/b26-11+. The zero-order valence-electron chi connectivity index (χ0n) is 23.8. The number of ether oxygens (including phenoxy) is 2. The van der Waals surface area contributed by atoms with Crippen LogP contribution in [0, 0.1) is 0 Å². The molecule has 1 atom stereocenters. The van der Waals surface area contributed by atoms with Crippen molar-refractivity contribution in [1.82, 2.24) is 15.7 Å². The van der Waals surface area contributed by atoms with Crippen LogP contribution in [-0.2, 0) is 14.4 Å². The average Bonchev–Trinajstić information content (AvgIpc) is 2.97. The highest BCUT2D eigenvalue weighted by Crippen LogP contribution is 2.26. The molecule has 214 valence electrons. The summed E-state index contributed by atoms with van der Waals surface area (Å²) in [4.78, 5) is 20.3. The van der Waals surface area contributed by atoms with Crippen molar-refractivity contribution >= 4 is 16.7 Å². The van der Waals surface area contributed by atoms with Gasteiger partial charge in [-0.3, -0.25) is 9.69 Å².